The molecule has 16 heavy (non-hydrogen) atoms. The Morgan fingerprint density at radius 3 is 2.88 bits per heavy atom. The molecule has 2 rings (SSSR count). The zero-order valence-electron chi connectivity index (χ0n) is 9.63. The number of carbonyl (C=O) groups is 1. The van der Waals surface area contributed by atoms with Crippen molar-refractivity contribution in [2.24, 2.45) is 0 Å². The van der Waals surface area contributed by atoms with Crippen LogP contribution in [0.1, 0.15) is 28.5 Å². The van der Waals surface area contributed by atoms with E-state index >= 15 is 0 Å². The molecule has 0 aliphatic carbocycles. The molecule has 2 aromatic rings. The molecule has 1 aromatic heterocycles. The summed E-state index contributed by atoms with van der Waals surface area (Å²) >= 11 is 0. The van der Waals surface area contributed by atoms with Crippen LogP contribution in [0.15, 0.2) is 12.1 Å². The maximum Gasteiger partial charge on any atom is 0.356 e. The van der Waals surface area contributed by atoms with Gasteiger partial charge in [0, 0.05) is 5.39 Å². The lowest BCUT2D eigenvalue weighted by Gasteiger charge is -2.00. The summed E-state index contributed by atoms with van der Waals surface area (Å²) in [4.78, 5) is 11.6. The Morgan fingerprint density at radius 2 is 2.19 bits per heavy atom. The summed E-state index contributed by atoms with van der Waals surface area (Å²) in [6.45, 7) is 6.12. The molecule has 0 radical (unpaired) electrons. The zero-order chi connectivity index (χ0) is 11.7. The van der Waals surface area contributed by atoms with E-state index in [0.29, 0.717) is 12.3 Å². The molecule has 0 saturated heterocycles. The second kappa shape index (κ2) is 3.96. The predicted molar refractivity (Wildman–Crippen MR) is 61.5 cm³/mol. The number of hydrogen-bond donors (Lipinski definition) is 1. The third kappa shape index (κ3) is 1.66. The number of benzene rings is 1. The third-order valence-electron chi connectivity index (χ3n) is 2.47. The number of nitrogens with one attached hydrogen (secondary N) is 1. The molecule has 0 bridgehead atoms. The lowest BCUT2D eigenvalue weighted by molar-refractivity contribution is 0.0521. The van der Waals surface area contributed by atoms with Gasteiger partial charge in [0.2, 0.25) is 0 Å². The minimum atomic E-state index is -0.352. The number of carbonyl (C=O) groups excluding carboxylic acids is 1. The number of nitrogens with zero attached hydrogens (tertiary/aromatic N) is 1. The van der Waals surface area contributed by atoms with Gasteiger partial charge in [-0.25, -0.2) is 4.79 Å². The molecule has 0 fully saturated rings. The number of fused-ring (bicyclic) bond motifs is 1. The van der Waals surface area contributed by atoms with Gasteiger partial charge in [-0.05, 0) is 32.4 Å². The molecule has 0 spiro atoms. The van der Waals surface area contributed by atoms with Crippen molar-refractivity contribution in [2.45, 2.75) is 20.8 Å². The maximum absolute atomic E-state index is 11.6. The molecule has 0 amide bonds. The molecule has 0 aliphatic rings. The molecule has 0 unspecified atom stereocenters. The van der Waals surface area contributed by atoms with Gasteiger partial charge in [-0.1, -0.05) is 11.6 Å². The Hall–Kier alpha value is -1.84. The van der Waals surface area contributed by atoms with E-state index in [1.54, 1.807) is 6.92 Å². The van der Waals surface area contributed by atoms with Gasteiger partial charge in [-0.3, -0.25) is 5.10 Å². The number of ether oxygens (including phenoxy) is 1. The van der Waals surface area contributed by atoms with Crippen molar-refractivity contribution < 1.29 is 9.53 Å². The molecule has 4 nitrogen and oxygen atoms in total. The quantitative estimate of drug-likeness (QED) is 0.787. The molecule has 4 heteroatoms. The lowest BCUT2D eigenvalue weighted by Crippen LogP contribution is -2.05. The summed E-state index contributed by atoms with van der Waals surface area (Å²) < 4.78 is 4.96. The van der Waals surface area contributed by atoms with E-state index in [-0.39, 0.29) is 5.97 Å². The molecular weight excluding hydrogens is 204 g/mol. The van der Waals surface area contributed by atoms with Crippen LogP contribution in [0.25, 0.3) is 10.9 Å². The highest BCUT2D eigenvalue weighted by molar-refractivity contribution is 6.02. The number of rotatable bonds is 2. The number of esters is 1. The Balaban J connectivity index is 2.60. The van der Waals surface area contributed by atoms with Gasteiger partial charge in [0.15, 0.2) is 5.69 Å². The van der Waals surface area contributed by atoms with Crippen LogP contribution in [0.5, 0.6) is 0 Å². The molecule has 0 saturated carbocycles. The topological polar surface area (TPSA) is 55.0 Å². The summed E-state index contributed by atoms with van der Waals surface area (Å²) in [6, 6.07) is 3.98. The normalized spacial score (nSPS) is 10.7. The van der Waals surface area contributed by atoms with E-state index in [2.05, 4.69) is 10.2 Å². The molecular formula is C12H14N2O2. The first-order valence-electron chi connectivity index (χ1n) is 5.26. The molecule has 1 aromatic carbocycles. The highest BCUT2D eigenvalue weighted by Gasteiger charge is 2.15. The Bertz CT molecular complexity index is 543. The standard InChI is InChI=1S/C12H14N2O2/c1-4-16-12(15)11-9-6-7(2)5-8(3)10(9)13-14-11/h5-6H,4H2,1-3H3,(H,13,14). The van der Waals surface area contributed by atoms with Crippen molar-refractivity contribution in [3.05, 3.63) is 29.0 Å². The van der Waals surface area contributed by atoms with Gasteiger partial charge in [0.1, 0.15) is 0 Å². The fourth-order valence-electron chi connectivity index (χ4n) is 1.83. The first-order valence-corrected chi connectivity index (χ1v) is 5.26. The minimum absolute atomic E-state index is 0.352. The molecule has 84 valence electrons. The largest absolute Gasteiger partial charge is 0.461 e. The van der Waals surface area contributed by atoms with Crippen LogP contribution < -0.4 is 0 Å². The molecule has 0 aliphatic heterocycles. The lowest BCUT2D eigenvalue weighted by atomic mass is 10.1. The van der Waals surface area contributed by atoms with Gasteiger partial charge in [0.05, 0.1) is 12.1 Å². The van der Waals surface area contributed by atoms with E-state index in [1.807, 2.05) is 26.0 Å². The number of hydrogen-bond acceptors (Lipinski definition) is 3. The summed E-state index contributed by atoms with van der Waals surface area (Å²) in [5.74, 6) is -0.352. The third-order valence-corrected chi connectivity index (χ3v) is 2.47. The smallest absolute Gasteiger partial charge is 0.356 e. The van der Waals surface area contributed by atoms with Crippen LogP contribution >= 0.6 is 0 Å². The van der Waals surface area contributed by atoms with Crippen molar-refractivity contribution in [1.82, 2.24) is 10.2 Å². The average molecular weight is 218 g/mol. The van der Waals surface area contributed by atoms with Gasteiger partial charge < -0.3 is 4.74 Å². The van der Waals surface area contributed by atoms with Crippen LogP contribution in [0.2, 0.25) is 0 Å². The molecule has 1 heterocycles. The number of aromatic amines is 1. The highest BCUT2D eigenvalue weighted by atomic mass is 16.5. The fourth-order valence-corrected chi connectivity index (χ4v) is 1.83. The minimum Gasteiger partial charge on any atom is -0.461 e. The van der Waals surface area contributed by atoms with E-state index < -0.39 is 0 Å². The Morgan fingerprint density at radius 1 is 1.44 bits per heavy atom. The van der Waals surface area contributed by atoms with E-state index in [9.17, 15) is 4.79 Å². The van der Waals surface area contributed by atoms with Gasteiger partial charge in [-0.15, -0.1) is 0 Å². The summed E-state index contributed by atoms with van der Waals surface area (Å²) in [5.41, 5.74) is 3.43. The van der Waals surface area contributed by atoms with Crippen molar-refractivity contribution in [1.29, 1.82) is 0 Å². The Kier molecular flexibility index (Phi) is 2.64. The second-order valence-corrected chi connectivity index (χ2v) is 3.80. The summed E-state index contributed by atoms with van der Waals surface area (Å²) in [5, 5.41) is 7.71. The highest BCUT2D eigenvalue weighted by Crippen LogP contribution is 2.21. The molecule has 1 N–H and O–H groups in total. The first-order chi connectivity index (χ1) is 7.63. The van der Waals surface area contributed by atoms with Gasteiger partial charge in [-0.2, -0.15) is 5.10 Å². The van der Waals surface area contributed by atoms with Gasteiger partial charge in [0.25, 0.3) is 0 Å². The average Bonchev–Trinajstić information content (AvgIpc) is 2.61. The van der Waals surface area contributed by atoms with E-state index in [0.717, 1.165) is 22.0 Å². The monoisotopic (exact) mass is 218 g/mol. The van der Waals surface area contributed by atoms with Crippen LogP contribution in [-0.4, -0.2) is 22.8 Å². The van der Waals surface area contributed by atoms with Crippen molar-refractivity contribution in [3.8, 4) is 0 Å². The maximum atomic E-state index is 11.6. The SMILES string of the molecule is CCOC(=O)c1[nH]nc2c(C)cc(C)cc12. The first kappa shape index (κ1) is 10.7. The molecule has 0 atom stereocenters. The van der Waals surface area contributed by atoms with Crippen molar-refractivity contribution in [2.75, 3.05) is 6.61 Å². The van der Waals surface area contributed by atoms with Gasteiger partial charge >= 0.3 is 5.97 Å². The number of aryl methyl sites for hydroxylation is 2. The fraction of sp³-hybridized carbons (Fsp3) is 0.333. The predicted octanol–water partition coefficient (Wildman–Crippen LogP) is 2.36. The van der Waals surface area contributed by atoms with Crippen LogP contribution in [0, 0.1) is 13.8 Å². The van der Waals surface area contributed by atoms with Crippen molar-refractivity contribution >= 4 is 16.9 Å². The van der Waals surface area contributed by atoms with E-state index in [1.165, 1.54) is 0 Å². The Labute approximate surface area is 93.6 Å². The van der Waals surface area contributed by atoms with Crippen LogP contribution in [0.4, 0.5) is 0 Å². The summed E-state index contributed by atoms with van der Waals surface area (Å²) in [7, 11) is 0. The zero-order valence-corrected chi connectivity index (χ0v) is 9.63. The number of H-pyrrole nitrogens is 1. The van der Waals surface area contributed by atoms with Crippen molar-refractivity contribution in [3.63, 3.8) is 0 Å². The van der Waals surface area contributed by atoms with Crippen LogP contribution in [-0.2, 0) is 4.74 Å². The van der Waals surface area contributed by atoms with Crippen LogP contribution in [0.3, 0.4) is 0 Å². The summed E-state index contributed by atoms with van der Waals surface area (Å²) in [6.07, 6.45) is 0. The second-order valence-electron chi connectivity index (χ2n) is 3.80. The number of aromatic nitrogens is 2. The van der Waals surface area contributed by atoms with E-state index in [4.69, 9.17) is 4.74 Å².